The molecular weight excluding hydrogens is 262 g/mol. The molecule has 4 nitrogen and oxygen atoms in total. The Kier molecular flexibility index (Phi) is 5.39. The molecule has 0 aliphatic carbocycles. The SMILES string of the molecule is CNC(Cc1ccc(OC)cc1)Cc1ccn(C(C)C)n1. The van der Waals surface area contributed by atoms with Crippen LogP contribution < -0.4 is 10.1 Å². The third-order valence-electron chi connectivity index (χ3n) is 3.70. The molecule has 0 aliphatic heterocycles. The van der Waals surface area contributed by atoms with Crippen LogP contribution in [0.5, 0.6) is 5.75 Å². The van der Waals surface area contributed by atoms with Crippen LogP contribution in [0.15, 0.2) is 36.5 Å². The summed E-state index contributed by atoms with van der Waals surface area (Å²) in [5.41, 5.74) is 2.44. The van der Waals surface area contributed by atoms with Crippen LogP contribution in [-0.2, 0) is 12.8 Å². The van der Waals surface area contributed by atoms with Crippen LogP contribution in [0.3, 0.4) is 0 Å². The average Bonchev–Trinajstić information content (AvgIpc) is 2.96. The van der Waals surface area contributed by atoms with Gasteiger partial charge in [-0.3, -0.25) is 4.68 Å². The summed E-state index contributed by atoms with van der Waals surface area (Å²) in [7, 11) is 3.70. The molecule has 0 fully saturated rings. The fraction of sp³-hybridized carbons (Fsp3) is 0.471. The first-order valence-corrected chi connectivity index (χ1v) is 7.46. The average molecular weight is 287 g/mol. The van der Waals surface area contributed by atoms with Gasteiger partial charge in [-0.05, 0) is 51.1 Å². The molecule has 0 saturated carbocycles. The van der Waals surface area contributed by atoms with E-state index in [1.165, 1.54) is 5.56 Å². The van der Waals surface area contributed by atoms with Gasteiger partial charge in [0, 0.05) is 24.7 Å². The first-order valence-electron chi connectivity index (χ1n) is 7.46. The predicted molar refractivity (Wildman–Crippen MR) is 85.9 cm³/mol. The number of nitrogens with one attached hydrogen (secondary N) is 1. The molecule has 1 heterocycles. The van der Waals surface area contributed by atoms with Crippen LogP contribution in [0.4, 0.5) is 0 Å². The molecule has 21 heavy (non-hydrogen) atoms. The third-order valence-corrected chi connectivity index (χ3v) is 3.70. The van der Waals surface area contributed by atoms with E-state index in [-0.39, 0.29) is 0 Å². The molecule has 1 aromatic carbocycles. The van der Waals surface area contributed by atoms with Gasteiger partial charge in [-0.15, -0.1) is 0 Å². The minimum Gasteiger partial charge on any atom is -0.497 e. The summed E-state index contributed by atoms with van der Waals surface area (Å²) in [5, 5.41) is 8.01. The zero-order valence-corrected chi connectivity index (χ0v) is 13.3. The molecule has 0 amide bonds. The Morgan fingerprint density at radius 3 is 2.38 bits per heavy atom. The highest BCUT2D eigenvalue weighted by molar-refractivity contribution is 5.27. The minimum absolute atomic E-state index is 0.383. The maximum Gasteiger partial charge on any atom is 0.118 e. The molecule has 2 aromatic rings. The van der Waals surface area contributed by atoms with Gasteiger partial charge < -0.3 is 10.1 Å². The smallest absolute Gasteiger partial charge is 0.118 e. The van der Waals surface area contributed by atoms with E-state index in [1.807, 2.05) is 23.9 Å². The van der Waals surface area contributed by atoms with Crippen molar-refractivity contribution in [1.82, 2.24) is 15.1 Å². The van der Waals surface area contributed by atoms with E-state index in [2.05, 4.69) is 48.7 Å². The standard InChI is InChI=1S/C17H25N3O/c1-13(2)20-10-9-15(19-20)12-16(18-3)11-14-5-7-17(21-4)8-6-14/h5-10,13,16,18H,11-12H2,1-4H3. The highest BCUT2D eigenvalue weighted by Crippen LogP contribution is 2.14. The maximum atomic E-state index is 5.19. The highest BCUT2D eigenvalue weighted by atomic mass is 16.5. The highest BCUT2D eigenvalue weighted by Gasteiger charge is 2.11. The van der Waals surface area contributed by atoms with Crippen molar-refractivity contribution in [3.63, 3.8) is 0 Å². The van der Waals surface area contributed by atoms with Crippen molar-refractivity contribution in [1.29, 1.82) is 0 Å². The van der Waals surface area contributed by atoms with Gasteiger partial charge >= 0.3 is 0 Å². The van der Waals surface area contributed by atoms with Crippen molar-refractivity contribution in [3.8, 4) is 5.75 Å². The first kappa shape index (κ1) is 15.6. The van der Waals surface area contributed by atoms with Crippen LogP contribution in [0.25, 0.3) is 0 Å². The molecule has 114 valence electrons. The van der Waals surface area contributed by atoms with Crippen molar-refractivity contribution >= 4 is 0 Å². The number of likely N-dealkylation sites (N-methyl/N-ethyl adjacent to an activating group) is 1. The fourth-order valence-electron chi connectivity index (χ4n) is 2.35. The van der Waals surface area contributed by atoms with Crippen molar-refractivity contribution in [3.05, 3.63) is 47.8 Å². The lowest BCUT2D eigenvalue weighted by Crippen LogP contribution is -2.30. The van der Waals surface area contributed by atoms with Gasteiger partial charge in [0.2, 0.25) is 0 Å². The van der Waals surface area contributed by atoms with Crippen LogP contribution in [0, 0.1) is 0 Å². The molecule has 0 radical (unpaired) electrons. The molecule has 0 aliphatic rings. The van der Waals surface area contributed by atoms with E-state index in [1.54, 1.807) is 7.11 Å². The number of methoxy groups -OCH3 is 1. The molecule has 0 saturated heterocycles. The Labute approximate surface area is 127 Å². The Morgan fingerprint density at radius 2 is 1.86 bits per heavy atom. The summed E-state index contributed by atoms with van der Waals surface area (Å²) in [5.74, 6) is 0.899. The van der Waals surface area contributed by atoms with Gasteiger partial charge in [0.1, 0.15) is 5.75 Å². The van der Waals surface area contributed by atoms with E-state index >= 15 is 0 Å². The Balaban J connectivity index is 1.98. The molecule has 1 atom stereocenters. The Morgan fingerprint density at radius 1 is 1.14 bits per heavy atom. The van der Waals surface area contributed by atoms with Gasteiger partial charge in [0.15, 0.2) is 0 Å². The Hall–Kier alpha value is -1.81. The summed E-state index contributed by atoms with van der Waals surface area (Å²) < 4.78 is 7.20. The van der Waals surface area contributed by atoms with Gasteiger partial charge in [-0.1, -0.05) is 12.1 Å². The molecule has 2 rings (SSSR count). The lowest BCUT2D eigenvalue weighted by molar-refractivity contribution is 0.414. The summed E-state index contributed by atoms with van der Waals surface area (Å²) in [4.78, 5) is 0. The summed E-state index contributed by atoms with van der Waals surface area (Å²) in [6, 6.07) is 11.2. The molecule has 4 heteroatoms. The zero-order chi connectivity index (χ0) is 15.2. The van der Waals surface area contributed by atoms with E-state index < -0.39 is 0 Å². The third kappa shape index (κ3) is 4.33. The largest absolute Gasteiger partial charge is 0.497 e. The second-order valence-electron chi connectivity index (χ2n) is 5.62. The van der Waals surface area contributed by atoms with Crippen molar-refractivity contribution in [2.75, 3.05) is 14.2 Å². The number of rotatable bonds is 7. The van der Waals surface area contributed by atoms with Crippen LogP contribution in [0.2, 0.25) is 0 Å². The van der Waals surface area contributed by atoms with Crippen molar-refractivity contribution < 1.29 is 4.74 Å². The topological polar surface area (TPSA) is 39.1 Å². The second kappa shape index (κ2) is 7.27. The number of ether oxygens (including phenoxy) is 1. The number of benzene rings is 1. The molecule has 0 bridgehead atoms. The normalized spacial score (nSPS) is 12.6. The second-order valence-corrected chi connectivity index (χ2v) is 5.62. The van der Waals surface area contributed by atoms with E-state index in [4.69, 9.17) is 4.74 Å². The van der Waals surface area contributed by atoms with Gasteiger partial charge in [0.25, 0.3) is 0 Å². The summed E-state index contributed by atoms with van der Waals surface area (Å²) >= 11 is 0. The Bertz CT molecular complexity index is 545. The first-order chi connectivity index (χ1) is 10.1. The van der Waals surface area contributed by atoms with E-state index in [0.29, 0.717) is 12.1 Å². The van der Waals surface area contributed by atoms with Gasteiger partial charge in [0.05, 0.1) is 12.8 Å². The number of hydrogen-bond acceptors (Lipinski definition) is 3. The van der Waals surface area contributed by atoms with Crippen LogP contribution in [0.1, 0.15) is 31.1 Å². The van der Waals surface area contributed by atoms with E-state index in [0.717, 1.165) is 24.3 Å². The number of hydrogen-bond donors (Lipinski definition) is 1. The molecule has 1 N–H and O–H groups in total. The monoisotopic (exact) mass is 287 g/mol. The van der Waals surface area contributed by atoms with E-state index in [9.17, 15) is 0 Å². The van der Waals surface area contributed by atoms with Crippen LogP contribution in [-0.4, -0.2) is 30.0 Å². The maximum absolute atomic E-state index is 5.19. The summed E-state index contributed by atoms with van der Waals surface area (Å²) in [6.45, 7) is 4.29. The quantitative estimate of drug-likeness (QED) is 0.851. The lowest BCUT2D eigenvalue weighted by Gasteiger charge is -2.15. The van der Waals surface area contributed by atoms with Gasteiger partial charge in [-0.2, -0.15) is 5.10 Å². The van der Waals surface area contributed by atoms with Crippen molar-refractivity contribution in [2.24, 2.45) is 0 Å². The zero-order valence-electron chi connectivity index (χ0n) is 13.3. The number of aromatic nitrogens is 2. The van der Waals surface area contributed by atoms with Gasteiger partial charge in [-0.25, -0.2) is 0 Å². The molecular formula is C17H25N3O. The minimum atomic E-state index is 0.383. The number of nitrogens with zero attached hydrogens (tertiary/aromatic N) is 2. The van der Waals surface area contributed by atoms with Crippen LogP contribution >= 0.6 is 0 Å². The molecule has 1 unspecified atom stereocenters. The molecule has 1 aromatic heterocycles. The summed E-state index contributed by atoms with van der Waals surface area (Å²) in [6.07, 6.45) is 3.97. The fourth-order valence-corrected chi connectivity index (χ4v) is 2.35. The van der Waals surface area contributed by atoms with Crippen molar-refractivity contribution in [2.45, 2.75) is 38.8 Å². The lowest BCUT2D eigenvalue weighted by atomic mass is 10.0. The molecule has 0 spiro atoms. The predicted octanol–water partition coefficient (Wildman–Crippen LogP) is 2.85.